The number of anilines is 2. The number of aliphatic hydroxyl groups excluding tert-OH is 3. The van der Waals surface area contributed by atoms with Crippen LogP contribution in [0.3, 0.4) is 0 Å². The van der Waals surface area contributed by atoms with Gasteiger partial charge in [-0.3, -0.25) is 9.36 Å². The van der Waals surface area contributed by atoms with Crippen LogP contribution in [-0.4, -0.2) is 75.4 Å². The zero-order valence-electron chi connectivity index (χ0n) is 17.8. The van der Waals surface area contributed by atoms with Crippen molar-refractivity contribution in [3.63, 3.8) is 0 Å². The standard InChI is InChI=1S/C20H26N8O5/c21-17-14-18(27(9-22-14)19-16(32)15(31)12(8-29)33-19)26-20(25-17)28-7-11(6-23-28)24-13(30)5-10-3-1-2-4-10/h6-7,9-10,12,15-16,19,29,31-32H,1-5,8H2,(H,24,30)(H2,21,25,26)/t12-,15-,16-,19-/m1/s1. The maximum Gasteiger partial charge on any atom is 0.254 e. The molecule has 0 unspecified atom stereocenters. The summed E-state index contributed by atoms with van der Waals surface area (Å²) in [5.74, 6) is 0.593. The molecule has 2 aliphatic rings. The lowest BCUT2D eigenvalue weighted by Crippen LogP contribution is -2.33. The summed E-state index contributed by atoms with van der Waals surface area (Å²) >= 11 is 0. The molecule has 4 heterocycles. The Labute approximate surface area is 188 Å². The quantitative estimate of drug-likeness (QED) is 0.329. The van der Waals surface area contributed by atoms with E-state index in [0.29, 0.717) is 18.0 Å². The van der Waals surface area contributed by atoms with Crippen LogP contribution in [0.4, 0.5) is 11.5 Å². The van der Waals surface area contributed by atoms with Gasteiger partial charge in [-0.2, -0.15) is 15.1 Å². The van der Waals surface area contributed by atoms with Crippen molar-refractivity contribution >= 4 is 28.6 Å². The van der Waals surface area contributed by atoms with Gasteiger partial charge in [0.1, 0.15) is 23.8 Å². The van der Waals surface area contributed by atoms with Crippen molar-refractivity contribution in [2.24, 2.45) is 5.92 Å². The fourth-order valence-corrected chi connectivity index (χ4v) is 4.51. The minimum atomic E-state index is -1.30. The SMILES string of the molecule is Nc1nc(-n2cc(NC(=O)CC3CCCC3)cn2)nc2c1ncn2[C@@H]1O[C@H](CO)[C@@H](O)[C@H]1O. The van der Waals surface area contributed by atoms with Crippen LogP contribution < -0.4 is 11.1 Å². The Balaban J connectivity index is 1.39. The molecule has 13 nitrogen and oxygen atoms in total. The number of nitrogens with one attached hydrogen (secondary N) is 1. The van der Waals surface area contributed by atoms with Gasteiger partial charge in [0, 0.05) is 6.42 Å². The summed E-state index contributed by atoms with van der Waals surface area (Å²) in [6.07, 6.45) is 4.94. The van der Waals surface area contributed by atoms with E-state index in [2.05, 4.69) is 25.4 Å². The third kappa shape index (κ3) is 4.04. The van der Waals surface area contributed by atoms with E-state index in [-0.39, 0.29) is 28.8 Å². The molecule has 0 bridgehead atoms. The Bertz CT molecular complexity index is 1160. The van der Waals surface area contributed by atoms with Crippen LogP contribution in [0.15, 0.2) is 18.7 Å². The van der Waals surface area contributed by atoms with Crippen molar-refractivity contribution in [3.8, 4) is 5.95 Å². The van der Waals surface area contributed by atoms with Crippen molar-refractivity contribution in [1.29, 1.82) is 0 Å². The van der Waals surface area contributed by atoms with Gasteiger partial charge in [0.2, 0.25) is 5.91 Å². The average Bonchev–Trinajstić information content (AvgIpc) is 3.58. The maximum absolute atomic E-state index is 12.3. The topological polar surface area (TPSA) is 186 Å². The van der Waals surface area contributed by atoms with Gasteiger partial charge in [-0.05, 0) is 18.8 Å². The molecule has 1 aliphatic heterocycles. The number of hydrogen-bond acceptors (Lipinski definition) is 10. The molecule has 13 heteroatoms. The Kier molecular flexibility index (Phi) is 5.70. The number of nitrogens with two attached hydrogens (primary N) is 1. The normalized spacial score (nSPS) is 25.8. The van der Waals surface area contributed by atoms with Crippen molar-refractivity contribution in [1.82, 2.24) is 29.3 Å². The van der Waals surface area contributed by atoms with Crippen molar-refractivity contribution in [2.45, 2.75) is 56.6 Å². The lowest BCUT2D eigenvalue weighted by atomic mass is 10.0. The molecule has 5 rings (SSSR count). The van der Waals surface area contributed by atoms with Gasteiger partial charge >= 0.3 is 0 Å². The third-order valence-electron chi connectivity index (χ3n) is 6.25. The summed E-state index contributed by atoms with van der Waals surface area (Å²) in [6.45, 7) is -0.452. The van der Waals surface area contributed by atoms with Gasteiger partial charge in [0.25, 0.3) is 5.95 Å². The number of aromatic nitrogens is 6. The van der Waals surface area contributed by atoms with Gasteiger partial charge in [-0.25, -0.2) is 9.67 Å². The second kappa shape index (κ2) is 8.67. The first-order valence-corrected chi connectivity index (χ1v) is 10.9. The molecular formula is C20H26N8O5. The van der Waals surface area contributed by atoms with Crippen molar-refractivity contribution in [3.05, 3.63) is 18.7 Å². The first-order chi connectivity index (χ1) is 15.9. The van der Waals surface area contributed by atoms with E-state index in [9.17, 15) is 20.1 Å². The highest BCUT2D eigenvalue weighted by molar-refractivity contribution is 5.90. The number of carbonyl (C=O) groups is 1. The second-order valence-electron chi connectivity index (χ2n) is 8.54. The van der Waals surface area contributed by atoms with E-state index < -0.39 is 31.1 Å². The average molecular weight is 458 g/mol. The molecular weight excluding hydrogens is 432 g/mol. The molecule has 4 atom stereocenters. The molecule has 3 aromatic heterocycles. The lowest BCUT2D eigenvalue weighted by Gasteiger charge is -2.16. The van der Waals surface area contributed by atoms with Gasteiger partial charge in [0.05, 0.1) is 31.0 Å². The van der Waals surface area contributed by atoms with E-state index in [1.807, 2.05) is 0 Å². The molecule has 1 amide bonds. The van der Waals surface area contributed by atoms with Crippen LogP contribution in [0.2, 0.25) is 0 Å². The summed E-state index contributed by atoms with van der Waals surface area (Å²) in [5, 5.41) is 36.9. The summed E-state index contributed by atoms with van der Waals surface area (Å²) in [5.41, 5.74) is 7.13. The molecule has 2 fully saturated rings. The first-order valence-electron chi connectivity index (χ1n) is 10.9. The lowest BCUT2D eigenvalue weighted by molar-refractivity contribution is -0.117. The number of rotatable bonds is 6. The zero-order chi connectivity index (χ0) is 23.1. The molecule has 0 radical (unpaired) electrons. The number of carbonyl (C=O) groups excluding carboxylic acids is 1. The van der Waals surface area contributed by atoms with Crippen LogP contribution in [0.1, 0.15) is 38.3 Å². The number of fused-ring (bicyclic) bond motifs is 1. The molecule has 1 saturated carbocycles. The third-order valence-corrected chi connectivity index (χ3v) is 6.25. The molecule has 0 aromatic carbocycles. The predicted molar refractivity (Wildman–Crippen MR) is 115 cm³/mol. The van der Waals surface area contributed by atoms with E-state index in [1.54, 1.807) is 6.20 Å². The summed E-state index contributed by atoms with van der Waals surface area (Å²) in [7, 11) is 0. The van der Waals surface area contributed by atoms with Crippen molar-refractivity contribution < 1.29 is 24.9 Å². The Morgan fingerprint density at radius 1 is 1.24 bits per heavy atom. The van der Waals surface area contributed by atoms with Gasteiger partial charge < -0.3 is 31.1 Å². The smallest absolute Gasteiger partial charge is 0.254 e. The van der Waals surface area contributed by atoms with Crippen LogP contribution in [0.25, 0.3) is 17.1 Å². The van der Waals surface area contributed by atoms with Crippen molar-refractivity contribution in [2.75, 3.05) is 17.7 Å². The maximum atomic E-state index is 12.3. The van der Waals surface area contributed by atoms with Crippen LogP contribution in [-0.2, 0) is 9.53 Å². The van der Waals surface area contributed by atoms with Crippen LogP contribution in [0.5, 0.6) is 0 Å². The number of hydrogen-bond donors (Lipinski definition) is 5. The zero-order valence-corrected chi connectivity index (χ0v) is 17.8. The van der Waals surface area contributed by atoms with Gasteiger partial charge in [-0.15, -0.1) is 0 Å². The van der Waals surface area contributed by atoms with E-state index in [1.165, 1.54) is 34.6 Å². The molecule has 3 aromatic rings. The second-order valence-corrected chi connectivity index (χ2v) is 8.54. The van der Waals surface area contributed by atoms with E-state index in [0.717, 1.165) is 12.8 Å². The Hall–Kier alpha value is -3.13. The largest absolute Gasteiger partial charge is 0.394 e. The monoisotopic (exact) mass is 458 g/mol. The molecule has 1 aliphatic carbocycles. The number of nitrogens with zero attached hydrogens (tertiary/aromatic N) is 6. The number of amides is 1. The van der Waals surface area contributed by atoms with Crippen LogP contribution in [0, 0.1) is 5.92 Å². The predicted octanol–water partition coefficient (Wildman–Crippen LogP) is -0.276. The number of nitrogen functional groups attached to an aromatic ring is 1. The molecule has 33 heavy (non-hydrogen) atoms. The highest BCUT2D eigenvalue weighted by atomic mass is 16.6. The van der Waals surface area contributed by atoms with Gasteiger partial charge in [-0.1, -0.05) is 12.8 Å². The van der Waals surface area contributed by atoms with E-state index in [4.69, 9.17) is 10.5 Å². The highest BCUT2D eigenvalue weighted by Gasteiger charge is 2.44. The summed E-state index contributed by atoms with van der Waals surface area (Å²) < 4.78 is 8.37. The molecule has 176 valence electrons. The number of imidazole rings is 1. The highest BCUT2D eigenvalue weighted by Crippen LogP contribution is 2.32. The molecule has 0 spiro atoms. The number of aliphatic hydroxyl groups is 3. The minimum Gasteiger partial charge on any atom is -0.394 e. The first kappa shape index (κ1) is 21.7. The summed E-state index contributed by atoms with van der Waals surface area (Å²) in [6, 6.07) is 0. The minimum absolute atomic E-state index is 0.0558. The fourth-order valence-electron chi connectivity index (χ4n) is 4.51. The molecule has 6 N–H and O–H groups in total. The van der Waals surface area contributed by atoms with Gasteiger partial charge in [0.15, 0.2) is 17.7 Å². The molecule has 1 saturated heterocycles. The Morgan fingerprint density at radius 3 is 2.76 bits per heavy atom. The van der Waals surface area contributed by atoms with Crippen LogP contribution >= 0.6 is 0 Å². The fraction of sp³-hybridized carbons (Fsp3) is 0.550. The Morgan fingerprint density at radius 2 is 2.03 bits per heavy atom. The number of ether oxygens (including phenoxy) is 1. The summed E-state index contributed by atoms with van der Waals surface area (Å²) in [4.78, 5) is 25.2. The van der Waals surface area contributed by atoms with E-state index >= 15 is 0 Å².